The molecule has 2 heterocycles. The minimum Gasteiger partial charge on any atom is -0.374 e. The average Bonchev–Trinajstić information content (AvgIpc) is 3.17. The van der Waals surface area contributed by atoms with Crippen LogP contribution in [0.4, 0.5) is 10.1 Å². The van der Waals surface area contributed by atoms with Gasteiger partial charge in [0, 0.05) is 30.2 Å². The van der Waals surface area contributed by atoms with Crippen molar-refractivity contribution in [2.75, 3.05) is 18.4 Å². The van der Waals surface area contributed by atoms with Crippen LogP contribution in [0.3, 0.4) is 0 Å². The van der Waals surface area contributed by atoms with Gasteiger partial charge in [0.2, 0.25) is 0 Å². The first-order valence-corrected chi connectivity index (χ1v) is 9.23. The Balaban J connectivity index is 0.00000210. The van der Waals surface area contributed by atoms with Gasteiger partial charge < -0.3 is 10.6 Å². The van der Waals surface area contributed by atoms with Gasteiger partial charge in [0.25, 0.3) is 0 Å². The molecule has 1 saturated heterocycles. The molecule has 1 unspecified atom stereocenters. The molecule has 0 radical (unpaired) electrons. The summed E-state index contributed by atoms with van der Waals surface area (Å²) in [6.07, 6.45) is 0.701. The molecule has 1 atom stereocenters. The van der Waals surface area contributed by atoms with Gasteiger partial charge >= 0.3 is 0 Å². The summed E-state index contributed by atoms with van der Waals surface area (Å²) in [5.74, 6) is -0.354. The number of hydrogen-bond acceptors (Lipinski definition) is 3. The zero-order valence-corrected chi connectivity index (χ0v) is 17.3. The third-order valence-electron chi connectivity index (χ3n) is 5.10. The highest BCUT2D eigenvalue weighted by atomic mass is 35.5. The number of hydrogen-bond donors (Lipinski definition) is 2. The van der Waals surface area contributed by atoms with E-state index in [1.165, 1.54) is 12.1 Å². The Hall–Kier alpha value is -1.53. The Bertz CT molecular complexity index is 996. The molecule has 2 aromatic carbocycles. The van der Waals surface area contributed by atoms with Gasteiger partial charge in [0.05, 0.1) is 26.8 Å². The molecule has 4 nitrogen and oxygen atoms in total. The first-order valence-electron chi connectivity index (χ1n) is 8.47. The second kappa shape index (κ2) is 7.47. The summed E-state index contributed by atoms with van der Waals surface area (Å²) in [7, 11) is 1.92. The number of nitrogens with one attached hydrogen (secondary N) is 2. The SMILES string of the molecule is Cc1nn(C)c2cc(NC3(c4c(F)ccc(Cl)c4Cl)CCNC3)ccc12.Cl. The van der Waals surface area contributed by atoms with E-state index in [-0.39, 0.29) is 23.2 Å². The lowest BCUT2D eigenvalue weighted by molar-refractivity contribution is 0.496. The van der Waals surface area contributed by atoms with Gasteiger partial charge in [-0.2, -0.15) is 5.10 Å². The quantitative estimate of drug-likeness (QED) is 0.573. The lowest BCUT2D eigenvalue weighted by atomic mass is 9.88. The number of benzene rings is 2. The molecule has 0 spiro atoms. The summed E-state index contributed by atoms with van der Waals surface area (Å²) in [4.78, 5) is 0. The number of nitrogens with zero attached hydrogens (tertiary/aromatic N) is 2. The summed E-state index contributed by atoms with van der Waals surface area (Å²) >= 11 is 12.6. The number of halogens is 4. The summed E-state index contributed by atoms with van der Waals surface area (Å²) < 4.78 is 16.6. The Labute approximate surface area is 173 Å². The molecule has 4 rings (SSSR count). The van der Waals surface area contributed by atoms with E-state index in [1.54, 1.807) is 0 Å². The van der Waals surface area contributed by atoms with Gasteiger partial charge in [-0.3, -0.25) is 4.68 Å². The predicted molar refractivity (Wildman–Crippen MR) is 112 cm³/mol. The van der Waals surface area contributed by atoms with Crippen molar-refractivity contribution < 1.29 is 4.39 Å². The fourth-order valence-corrected chi connectivity index (χ4v) is 4.32. The molecule has 1 aliphatic heterocycles. The number of rotatable bonds is 3. The highest BCUT2D eigenvalue weighted by molar-refractivity contribution is 6.42. The van der Waals surface area contributed by atoms with Crippen molar-refractivity contribution in [2.45, 2.75) is 18.9 Å². The molecular formula is C19H20Cl3FN4. The maximum absolute atomic E-state index is 14.7. The number of aryl methyl sites for hydroxylation is 2. The van der Waals surface area contributed by atoms with Crippen molar-refractivity contribution in [1.82, 2.24) is 15.1 Å². The molecule has 0 aliphatic carbocycles. The zero-order chi connectivity index (χ0) is 18.5. The van der Waals surface area contributed by atoms with Gasteiger partial charge in [-0.25, -0.2) is 4.39 Å². The lowest BCUT2D eigenvalue weighted by Gasteiger charge is -2.33. The third kappa shape index (κ3) is 3.38. The molecule has 2 N–H and O–H groups in total. The molecule has 3 aromatic rings. The molecule has 144 valence electrons. The van der Waals surface area contributed by atoms with E-state index in [0.717, 1.165) is 28.8 Å². The number of fused-ring (bicyclic) bond motifs is 1. The largest absolute Gasteiger partial charge is 0.374 e. The summed E-state index contributed by atoms with van der Waals surface area (Å²) in [5, 5.41) is 13.0. The van der Waals surface area contributed by atoms with E-state index in [4.69, 9.17) is 23.2 Å². The Kier molecular flexibility index (Phi) is 5.59. The van der Waals surface area contributed by atoms with Crippen LogP contribution in [0.1, 0.15) is 17.7 Å². The van der Waals surface area contributed by atoms with E-state index in [2.05, 4.69) is 15.7 Å². The Morgan fingerprint density at radius 3 is 2.74 bits per heavy atom. The van der Waals surface area contributed by atoms with Gasteiger partial charge in [-0.05, 0) is 50.2 Å². The minimum absolute atomic E-state index is 0. The molecule has 1 aliphatic rings. The summed E-state index contributed by atoms with van der Waals surface area (Å²) in [5.41, 5.74) is 2.65. The molecule has 0 amide bonds. The van der Waals surface area contributed by atoms with Crippen molar-refractivity contribution in [2.24, 2.45) is 7.05 Å². The summed E-state index contributed by atoms with van der Waals surface area (Å²) in [6, 6.07) is 8.92. The molecule has 1 aromatic heterocycles. The second-order valence-corrected chi connectivity index (χ2v) is 7.58. The van der Waals surface area contributed by atoms with Crippen LogP contribution in [-0.4, -0.2) is 22.9 Å². The second-order valence-electron chi connectivity index (χ2n) is 6.79. The maximum atomic E-state index is 14.7. The zero-order valence-electron chi connectivity index (χ0n) is 14.9. The van der Waals surface area contributed by atoms with E-state index >= 15 is 0 Å². The van der Waals surface area contributed by atoms with E-state index in [9.17, 15) is 4.39 Å². The fourth-order valence-electron chi connectivity index (χ4n) is 3.83. The van der Waals surface area contributed by atoms with Crippen LogP contribution in [0.15, 0.2) is 30.3 Å². The molecule has 0 saturated carbocycles. The summed E-state index contributed by atoms with van der Waals surface area (Å²) in [6.45, 7) is 3.31. The normalized spacial score (nSPS) is 19.3. The van der Waals surface area contributed by atoms with Crippen LogP contribution in [0.2, 0.25) is 10.0 Å². The highest BCUT2D eigenvalue weighted by Crippen LogP contribution is 2.41. The van der Waals surface area contributed by atoms with Crippen LogP contribution in [-0.2, 0) is 12.6 Å². The molecule has 8 heteroatoms. The van der Waals surface area contributed by atoms with Gasteiger partial charge in [0.1, 0.15) is 5.82 Å². The average molecular weight is 430 g/mol. The Morgan fingerprint density at radius 1 is 1.26 bits per heavy atom. The van der Waals surface area contributed by atoms with Crippen LogP contribution in [0, 0.1) is 12.7 Å². The van der Waals surface area contributed by atoms with Crippen LogP contribution < -0.4 is 10.6 Å². The standard InChI is InChI=1S/C19H19Cl2FN4.ClH/c1-11-13-4-3-12(9-16(13)26(2)25-11)24-19(7-8-23-10-19)17-15(22)6-5-14(20)18(17)21;/h3-6,9,23-24H,7-8,10H2,1-2H3;1H. The Morgan fingerprint density at radius 2 is 2.04 bits per heavy atom. The fraction of sp³-hybridized carbons (Fsp3) is 0.316. The third-order valence-corrected chi connectivity index (χ3v) is 5.90. The van der Waals surface area contributed by atoms with Crippen molar-refractivity contribution in [1.29, 1.82) is 0 Å². The van der Waals surface area contributed by atoms with Crippen LogP contribution in [0.5, 0.6) is 0 Å². The first-order chi connectivity index (χ1) is 12.4. The number of anilines is 1. The smallest absolute Gasteiger partial charge is 0.130 e. The monoisotopic (exact) mass is 428 g/mol. The number of aromatic nitrogens is 2. The topological polar surface area (TPSA) is 41.9 Å². The first kappa shape index (κ1) is 20.2. The van der Waals surface area contributed by atoms with E-state index < -0.39 is 5.54 Å². The van der Waals surface area contributed by atoms with Gasteiger partial charge in [-0.15, -0.1) is 12.4 Å². The lowest BCUT2D eigenvalue weighted by Crippen LogP contribution is -2.39. The highest BCUT2D eigenvalue weighted by Gasteiger charge is 2.40. The van der Waals surface area contributed by atoms with Gasteiger partial charge in [0.15, 0.2) is 0 Å². The minimum atomic E-state index is -0.659. The molecular weight excluding hydrogens is 410 g/mol. The van der Waals surface area contributed by atoms with E-state index in [1.807, 2.05) is 36.9 Å². The van der Waals surface area contributed by atoms with Crippen molar-refractivity contribution in [3.8, 4) is 0 Å². The predicted octanol–water partition coefficient (Wildman–Crippen LogP) is 5.05. The molecule has 1 fully saturated rings. The molecule has 0 bridgehead atoms. The molecule has 27 heavy (non-hydrogen) atoms. The van der Waals surface area contributed by atoms with Crippen LogP contribution in [0.25, 0.3) is 10.9 Å². The van der Waals surface area contributed by atoms with Gasteiger partial charge in [-0.1, -0.05) is 23.2 Å². The van der Waals surface area contributed by atoms with E-state index in [0.29, 0.717) is 23.6 Å². The van der Waals surface area contributed by atoms with Crippen molar-refractivity contribution in [3.63, 3.8) is 0 Å². The van der Waals surface area contributed by atoms with Crippen LogP contribution >= 0.6 is 35.6 Å². The van der Waals surface area contributed by atoms with Crippen molar-refractivity contribution >= 4 is 52.2 Å². The maximum Gasteiger partial charge on any atom is 0.130 e. The van der Waals surface area contributed by atoms with Crippen molar-refractivity contribution in [3.05, 3.63) is 57.5 Å².